The Morgan fingerprint density at radius 2 is 1.64 bits per heavy atom. The summed E-state index contributed by atoms with van der Waals surface area (Å²) >= 11 is 0. The molecular formula is C34H31FN6O3. The van der Waals surface area contributed by atoms with Gasteiger partial charge in [0, 0.05) is 61.1 Å². The number of anilines is 3. The molecule has 0 radical (unpaired) electrons. The number of nitrogens with zero attached hydrogens (tertiary/aromatic N) is 5. The van der Waals surface area contributed by atoms with Gasteiger partial charge in [0.2, 0.25) is 5.95 Å². The summed E-state index contributed by atoms with van der Waals surface area (Å²) < 4.78 is 21.8. The topological polar surface area (TPSA) is 92.6 Å². The molecule has 1 aliphatic heterocycles. The van der Waals surface area contributed by atoms with E-state index < -0.39 is 17.4 Å². The van der Waals surface area contributed by atoms with Crippen LogP contribution in [0.15, 0.2) is 89.9 Å². The maximum absolute atomic E-state index is 14.5. The fourth-order valence-corrected chi connectivity index (χ4v) is 5.97. The van der Waals surface area contributed by atoms with Gasteiger partial charge in [0.05, 0.1) is 6.04 Å². The number of benzene rings is 3. The molecule has 44 heavy (non-hydrogen) atoms. The van der Waals surface area contributed by atoms with Crippen LogP contribution in [0.4, 0.5) is 21.7 Å². The number of fused-ring (bicyclic) bond motifs is 2. The zero-order valence-corrected chi connectivity index (χ0v) is 24.2. The Kier molecular flexibility index (Phi) is 7.27. The summed E-state index contributed by atoms with van der Waals surface area (Å²) in [5, 5.41) is 3.78. The molecule has 2 aromatic heterocycles. The number of pyridine rings is 1. The number of Topliss-reactive ketones (excluding diaryl/α,β-unsaturated/α-hetero) is 1. The Hall–Kier alpha value is -5.09. The Bertz CT molecular complexity index is 1920. The zero-order chi connectivity index (χ0) is 30.2. The fourth-order valence-electron chi connectivity index (χ4n) is 5.97. The molecule has 1 aliphatic carbocycles. The van der Waals surface area contributed by atoms with Gasteiger partial charge in [-0.15, -0.1) is 0 Å². The van der Waals surface area contributed by atoms with E-state index in [1.165, 1.54) is 22.8 Å². The maximum atomic E-state index is 14.5. The molecular weight excluding hydrogens is 559 g/mol. The van der Waals surface area contributed by atoms with Gasteiger partial charge in [-0.25, -0.2) is 9.37 Å². The number of piperazine rings is 1. The van der Waals surface area contributed by atoms with Gasteiger partial charge >= 0.3 is 0 Å². The van der Waals surface area contributed by atoms with Gasteiger partial charge in [0.15, 0.2) is 23.1 Å². The number of carbonyl (C=O) groups is 1. The van der Waals surface area contributed by atoms with Gasteiger partial charge < -0.3 is 19.9 Å². The first kappa shape index (κ1) is 27.7. The Morgan fingerprint density at radius 3 is 2.43 bits per heavy atom. The molecule has 1 fully saturated rings. The lowest BCUT2D eigenvalue weighted by atomic mass is 9.87. The summed E-state index contributed by atoms with van der Waals surface area (Å²) in [5.74, 6) is -0.472. The first-order chi connectivity index (χ1) is 21.4. The van der Waals surface area contributed by atoms with Gasteiger partial charge in [-0.3, -0.25) is 14.2 Å². The van der Waals surface area contributed by atoms with Gasteiger partial charge in [-0.1, -0.05) is 36.4 Å². The normalized spacial score (nSPS) is 17.0. The van der Waals surface area contributed by atoms with Gasteiger partial charge in [-0.05, 0) is 61.5 Å². The highest BCUT2D eigenvalue weighted by molar-refractivity contribution is 5.99. The lowest BCUT2D eigenvalue weighted by molar-refractivity contribution is 0.0951. The molecule has 222 valence electrons. The molecule has 10 heteroatoms. The number of ketones is 1. The molecule has 0 amide bonds. The number of hydrogen-bond donors (Lipinski definition) is 1. The third kappa shape index (κ3) is 5.40. The fraction of sp³-hybridized carbons (Fsp3) is 0.235. The van der Waals surface area contributed by atoms with Crippen molar-refractivity contribution in [1.29, 1.82) is 0 Å². The minimum absolute atomic E-state index is 0.0508. The number of hydrogen-bond acceptors (Lipinski definition) is 8. The summed E-state index contributed by atoms with van der Waals surface area (Å²) in [4.78, 5) is 41.1. The molecule has 3 aromatic carbocycles. The lowest BCUT2D eigenvalue weighted by Gasteiger charge is -2.34. The molecule has 3 heterocycles. The van der Waals surface area contributed by atoms with E-state index in [0.717, 1.165) is 43.1 Å². The minimum atomic E-state index is -0.588. The smallest absolute Gasteiger partial charge is 0.295 e. The van der Waals surface area contributed by atoms with Gasteiger partial charge in [0.1, 0.15) is 5.65 Å². The number of para-hydroxylation sites is 1. The average molecular weight is 591 g/mol. The SMILES string of the molecule is CN1CCN(c2ccc(Nc3ncc4cc(Oc5ccccc5F)c(=O)n(C5CC(=O)c6ccccc6C5)c4n3)cc2)CC1. The first-order valence-corrected chi connectivity index (χ1v) is 14.7. The van der Waals surface area contributed by atoms with Crippen molar-refractivity contribution in [2.75, 3.05) is 43.4 Å². The van der Waals surface area contributed by atoms with Crippen molar-refractivity contribution in [3.63, 3.8) is 0 Å². The molecule has 1 unspecified atom stereocenters. The van der Waals surface area contributed by atoms with E-state index in [9.17, 15) is 14.0 Å². The van der Waals surface area contributed by atoms with Crippen molar-refractivity contribution in [3.05, 3.63) is 112 Å². The van der Waals surface area contributed by atoms with Crippen LogP contribution in [0.25, 0.3) is 11.0 Å². The molecule has 7 rings (SSSR count). The summed E-state index contributed by atoms with van der Waals surface area (Å²) in [6.45, 7) is 4.01. The number of halogens is 1. The molecule has 1 N–H and O–H groups in total. The zero-order valence-electron chi connectivity index (χ0n) is 24.2. The predicted octanol–water partition coefficient (Wildman–Crippen LogP) is 5.59. The van der Waals surface area contributed by atoms with Gasteiger partial charge in [-0.2, -0.15) is 4.98 Å². The summed E-state index contributed by atoms with van der Waals surface area (Å²) in [6.07, 6.45) is 2.18. The second-order valence-electron chi connectivity index (χ2n) is 11.3. The second-order valence-corrected chi connectivity index (χ2v) is 11.3. The quantitative estimate of drug-likeness (QED) is 0.274. The van der Waals surface area contributed by atoms with Gasteiger partial charge in [0.25, 0.3) is 5.56 Å². The van der Waals surface area contributed by atoms with Crippen molar-refractivity contribution in [2.24, 2.45) is 0 Å². The summed E-state index contributed by atoms with van der Waals surface area (Å²) in [7, 11) is 2.13. The van der Waals surface area contributed by atoms with Crippen LogP contribution in [-0.2, 0) is 6.42 Å². The van der Waals surface area contributed by atoms with Crippen LogP contribution in [0.1, 0.15) is 28.4 Å². The molecule has 5 aromatic rings. The van der Waals surface area contributed by atoms with E-state index >= 15 is 0 Å². The van der Waals surface area contributed by atoms with Crippen LogP contribution >= 0.6 is 0 Å². The Morgan fingerprint density at radius 1 is 0.886 bits per heavy atom. The molecule has 0 bridgehead atoms. The van der Waals surface area contributed by atoms with Crippen LogP contribution in [0.5, 0.6) is 11.5 Å². The van der Waals surface area contributed by atoms with Crippen LogP contribution in [0.3, 0.4) is 0 Å². The van der Waals surface area contributed by atoms with Crippen LogP contribution in [0.2, 0.25) is 0 Å². The number of nitrogens with one attached hydrogen (secondary N) is 1. The second kappa shape index (κ2) is 11.5. The molecule has 9 nitrogen and oxygen atoms in total. The van der Waals surface area contributed by atoms with E-state index in [1.54, 1.807) is 18.3 Å². The molecule has 1 atom stereocenters. The third-order valence-corrected chi connectivity index (χ3v) is 8.35. The van der Waals surface area contributed by atoms with Crippen LogP contribution < -0.4 is 20.5 Å². The van der Waals surface area contributed by atoms with E-state index in [-0.39, 0.29) is 23.7 Å². The number of rotatable bonds is 6. The minimum Gasteiger partial charge on any atom is -0.448 e. The largest absolute Gasteiger partial charge is 0.448 e. The first-order valence-electron chi connectivity index (χ1n) is 14.7. The molecule has 0 saturated carbocycles. The third-order valence-electron chi connectivity index (χ3n) is 8.35. The Balaban J connectivity index is 1.25. The Labute approximate surface area is 253 Å². The van der Waals surface area contributed by atoms with Crippen molar-refractivity contribution in [2.45, 2.75) is 18.9 Å². The number of ether oxygens (including phenoxy) is 1. The number of aromatic nitrogens is 3. The van der Waals surface area contributed by atoms with Crippen molar-refractivity contribution < 1.29 is 13.9 Å². The lowest BCUT2D eigenvalue weighted by Crippen LogP contribution is -2.44. The van der Waals surface area contributed by atoms with Crippen molar-refractivity contribution in [3.8, 4) is 11.5 Å². The summed E-state index contributed by atoms with van der Waals surface area (Å²) in [6, 6.07) is 22.5. The summed E-state index contributed by atoms with van der Waals surface area (Å²) in [5.41, 5.74) is 3.34. The predicted molar refractivity (Wildman–Crippen MR) is 168 cm³/mol. The highest BCUT2D eigenvalue weighted by atomic mass is 19.1. The number of carbonyl (C=O) groups excluding carboxylic acids is 1. The maximum Gasteiger partial charge on any atom is 0.295 e. The average Bonchev–Trinajstić information content (AvgIpc) is 3.03. The van der Waals surface area contributed by atoms with E-state index in [2.05, 4.69) is 39.3 Å². The van der Waals surface area contributed by atoms with Crippen molar-refractivity contribution in [1.82, 2.24) is 19.4 Å². The number of likely N-dealkylation sites (N-methyl/N-ethyl adjacent to an activating group) is 1. The van der Waals surface area contributed by atoms with E-state index in [0.29, 0.717) is 29.0 Å². The highest BCUT2D eigenvalue weighted by Gasteiger charge is 2.29. The monoisotopic (exact) mass is 590 g/mol. The van der Waals surface area contributed by atoms with Crippen LogP contribution in [-0.4, -0.2) is 58.4 Å². The standard InChI is InChI=1S/C34H31FN6O3/c1-39-14-16-40(17-15-39)25-12-10-24(11-13-25)37-34-36-21-23-19-31(44-30-9-5-4-8-28(30)35)33(43)41(32(23)38-34)26-18-22-6-2-3-7-27(22)29(42)20-26/h2-13,19,21,26H,14-18,20H2,1H3,(H,36,37,38). The molecule has 2 aliphatic rings. The highest BCUT2D eigenvalue weighted by Crippen LogP contribution is 2.32. The van der Waals surface area contributed by atoms with E-state index in [4.69, 9.17) is 9.72 Å². The molecule has 0 spiro atoms. The van der Waals surface area contributed by atoms with Crippen LogP contribution in [0, 0.1) is 5.82 Å². The molecule has 1 saturated heterocycles. The van der Waals surface area contributed by atoms with Crippen molar-refractivity contribution >= 4 is 34.1 Å². The van der Waals surface area contributed by atoms with E-state index in [1.807, 2.05) is 36.4 Å².